The number of likely N-dealkylation sites (N-methyl/N-ethyl adjacent to an activating group) is 1. The van der Waals surface area contributed by atoms with Crippen LogP contribution in [0.3, 0.4) is 0 Å². The normalized spacial score (nSPS) is 11.4. The van der Waals surface area contributed by atoms with Crippen LogP contribution in [0.15, 0.2) is 41.2 Å². The summed E-state index contributed by atoms with van der Waals surface area (Å²) in [6.45, 7) is 5.44. The Morgan fingerprint density at radius 2 is 1.96 bits per heavy atom. The van der Waals surface area contributed by atoms with Crippen molar-refractivity contribution in [1.82, 2.24) is 14.7 Å². The van der Waals surface area contributed by atoms with Gasteiger partial charge in [-0.3, -0.25) is 9.59 Å². The summed E-state index contributed by atoms with van der Waals surface area (Å²) < 4.78 is 14.8. The van der Waals surface area contributed by atoms with E-state index in [1.807, 2.05) is 0 Å². The monoisotopic (exact) mass is 333 g/mol. The average molecular weight is 333 g/mol. The van der Waals surface area contributed by atoms with Crippen molar-refractivity contribution in [1.29, 1.82) is 0 Å². The van der Waals surface area contributed by atoms with Crippen molar-refractivity contribution in [3.63, 3.8) is 0 Å². The molecule has 0 aliphatic rings. The van der Waals surface area contributed by atoms with Crippen molar-refractivity contribution in [2.45, 2.75) is 26.4 Å². The van der Waals surface area contributed by atoms with E-state index in [1.165, 1.54) is 35.2 Å². The van der Waals surface area contributed by atoms with Crippen molar-refractivity contribution < 1.29 is 14.3 Å². The average Bonchev–Trinajstić information content (AvgIpc) is 2.52. The molecule has 0 atom stereocenters. The number of benzene rings is 1. The lowest BCUT2D eigenvalue weighted by Crippen LogP contribution is -2.42. The third-order valence-corrected chi connectivity index (χ3v) is 3.35. The van der Waals surface area contributed by atoms with Crippen molar-refractivity contribution in [2.24, 2.45) is 0 Å². The van der Waals surface area contributed by atoms with E-state index < -0.39 is 22.9 Å². The maximum atomic E-state index is 13.9. The number of aliphatic hydroxyl groups is 1. The summed E-state index contributed by atoms with van der Waals surface area (Å²) >= 11 is 0. The van der Waals surface area contributed by atoms with E-state index in [4.69, 9.17) is 0 Å². The van der Waals surface area contributed by atoms with E-state index in [0.717, 1.165) is 4.68 Å². The Morgan fingerprint density at radius 3 is 2.54 bits per heavy atom. The summed E-state index contributed by atoms with van der Waals surface area (Å²) in [5.74, 6) is -1.05. The Balaban J connectivity index is 2.42. The highest BCUT2D eigenvalue weighted by molar-refractivity contribution is 5.92. The van der Waals surface area contributed by atoms with E-state index in [-0.39, 0.29) is 17.9 Å². The van der Waals surface area contributed by atoms with Crippen LogP contribution in [0, 0.1) is 5.82 Å². The Bertz CT molecular complexity index is 796. The first kappa shape index (κ1) is 17.8. The van der Waals surface area contributed by atoms with Gasteiger partial charge in [-0.15, -0.1) is 0 Å². The molecular weight excluding hydrogens is 313 g/mol. The van der Waals surface area contributed by atoms with Crippen molar-refractivity contribution in [3.8, 4) is 5.69 Å². The number of rotatable bonds is 5. The van der Waals surface area contributed by atoms with Crippen LogP contribution < -0.4 is 5.56 Å². The van der Waals surface area contributed by atoms with Gasteiger partial charge in [0.2, 0.25) is 0 Å². The van der Waals surface area contributed by atoms with Crippen LogP contribution in [-0.4, -0.2) is 44.4 Å². The zero-order chi connectivity index (χ0) is 17.9. The van der Waals surface area contributed by atoms with Gasteiger partial charge in [-0.05, 0) is 39.0 Å². The van der Waals surface area contributed by atoms with Gasteiger partial charge in [0.15, 0.2) is 0 Å². The van der Waals surface area contributed by atoms with Gasteiger partial charge in [0.05, 0.1) is 5.60 Å². The highest BCUT2D eigenvalue weighted by Crippen LogP contribution is 2.11. The van der Waals surface area contributed by atoms with Gasteiger partial charge >= 0.3 is 0 Å². The molecule has 1 amide bonds. The molecule has 2 rings (SSSR count). The van der Waals surface area contributed by atoms with E-state index in [9.17, 15) is 19.1 Å². The molecule has 1 heterocycles. The van der Waals surface area contributed by atoms with Crippen molar-refractivity contribution >= 4 is 5.91 Å². The van der Waals surface area contributed by atoms with E-state index in [1.54, 1.807) is 26.8 Å². The van der Waals surface area contributed by atoms with Crippen LogP contribution >= 0.6 is 0 Å². The van der Waals surface area contributed by atoms with Gasteiger partial charge in [0.25, 0.3) is 11.5 Å². The van der Waals surface area contributed by atoms with Gasteiger partial charge in [-0.25, -0.2) is 4.39 Å². The van der Waals surface area contributed by atoms with Crippen LogP contribution in [0.4, 0.5) is 4.39 Å². The maximum absolute atomic E-state index is 13.9. The largest absolute Gasteiger partial charge is 0.389 e. The summed E-state index contributed by atoms with van der Waals surface area (Å²) in [7, 11) is 0. The summed E-state index contributed by atoms with van der Waals surface area (Å²) in [5, 5.41) is 13.9. The van der Waals surface area contributed by atoms with E-state index >= 15 is 0 Å². The lowest BCUT2D eigenvalue weighted by molar-refractivity contribution is 0.0310. The molecule has 128 valence electrons. The van der Waals surface area contributed by atoms with Gasteiger partial charge in [0.1, 0.15) is 17.2 Å². The molecule has 0 aliphatic carbocycles. The third-order valence-electron chi connectivity index (χ3n) is 3.35. The van der Waals surface area contributed by atoms with Crippen LogP contribution in [0.25, 0.3) is 5.69 Å². The minimum atomic E-state index is -1.06. The molecule has 24 heavy (non-hydrogen) atoms. The number of halogens is 1. The highest BCUT2D eigenvalue weighted by Gasteiger charge is 2.24. The molecule has 0 bridgehead atoms. The quantitative estimate of drug-likeness (QED) is 0.902. The molecule has 2 aromatic rings. The molecule has 0 saturated carbocycles. The fourth-order valence-electron chi connectivity index (χ4n) is 2.28. The predicted octanol–water partition coefficient (Wildman–Crippen LogP) is 1.60. The minimum Gasteiger partial charge on any atom is -0.389 e. The first-order valence-electron chi connectivity index (χ1n) is 7.60. The smallest absolute Gasteiger partial charge is 0.274 e. The molecule has 0 saturated heterocycles. The zero-order valence-corrected chi connectivity index (χ0v) is 13.9. The first-order chi connectivity index (χ1) is 11.2. The number of hydrogen-bond acceptors (Lipinski definition) is 4. The lowest BCUT2D eigenvalue weighted by atomic mass is 10.1. The number of para-hydroxylation sites is 1. The van der Waals surface area contributed by atoms with Crippen LogP contribution in [0.1, 0.15) is 31.3 Å². The second-order valence-electron chi connectivity index (χ2n) is 6.05. The summed E-state index contributed by atoms with van der Waals surface area (Å²) in [6.07, 6.45) is 0. The number of hydrogen-bond donors (Lipinski definition) is 1. The first-order valence-corrected chi connectivity index (χ1v) is 7.60. The number of carbonyl (C=O) groups excluding carboxylic acids is 1. The topological polar surface area (TPSA) is 75.4 Å². The Labute approximate surface area is 139 Å². The molecule has 1 aromatic heterocycles. The van der Waals surface area contributed by atoms with Crippen LogP contribution in [0.2, 0.25) is 0 Å². The molecular formula is C17H20FN3O3. The molecule has 6 nitrogen and oxygen atoms in total. The number of carbonyl (C=O) groups is 1. The summed E-state index contributed by atoms with van der Waals surface area (Å²) in [6, 6.07) is 8.17. The fourth-order valence-corrected chi connectivity index (χ4v) is 2.28. The fraction of sp³-hybridized carbons (Fsp3) is 0.353. The van der Waals surface area contributed by atoms with Crippen molar-refractivity contribution in [3.05, 3.63) is 58.3 Å². The minimum absolute atomic E-state index is 0.00366. The van der Waals surface area contributed by atoms with E-state index in [2.05, 4.69) is 5.10 Å². The molecule has 0 fully saturated rings. The number of nitrogens with zero attached hydrogens (tertiary/aromatic N) is 3. The van der Waals surface area contributed by atoms with E-state index in [0.29, 0.717) is 6.54 Å². The molecule has 0 unspecified atom stereocenters. The third kappa shape index (κ3) is 4.05. The predicted molar refractivity (Wildman–Crippen MR) is 87.7 cm³/mol. The van der Waals surface area contributed by atoms with Crippen LogP contribution in [0.5, 0.6) is 0 Å². The number of amides is 1. The molecule has 1 aromatic carbocycles. The standard InChI is InChI=1S/C17H20FN3O3/c1-4-20(11-17(2,3)24)16(23)13-9-10-15(22)21(19-13)14-8-6-5-7-12(14)18/h5-10,24H,4,11H2,1-3H3. The van der Waals surface area contributed by atoms with Gasteiger partial charge in [-0.1, -0.05) is 12.1 Å². The second kappa shape index (κ2) is 6.92. The SMILES string of the molecule is CCN(CC(C)(C)O)C(=O)c1ccc(=O)n(-c2ccccc2F)n1. The molecule has 7 heteroatoms. The Hall–Kier alpha value is -2.54. The van der Waals surface area contributed by atoms with Crippen molar-refractivity contribution in [2.75, 3.05) is 13.1 Å². The Morgan fingerprint density at radius 1 is 1.29 bits per heavy atom. The molecule has 0 aliphatic heterocycles. The lowest BCUT2D eigenvalue weighted by Gasteiger charge is -2.27. The van der Waals surface area contributed by atoms with Gasteiger partial charge < -0.3 is 10.0 Å². The highest BCUT2D eigenvalue weighted by atomic mass is 19.1. The maximum Gasteiger partial charge on any atom is 0.274 e. The number of aromatic nitrogens is 2. The van der Waals surface area contributed by atoms with Gasteiger partial charge in [-0.2, -0.15) is 9.78 Å². The molecule has 0 radical (unpaired) electrons. The van der Waals surface area contributed by atoms with Crippen LogP contribution in [-0.2, 0) is 0 Å². The molecule has 0 spiro atoms. The molecule has 1 N–H and O–H groups in total. The second-order valence-corrected chi connectivity index (χ2v) is 6.05. The zero-order valence-electron chi connectivity index (χ0n) is 13.9. The summed E-state index contributed by atoms with van der Waals surface area (Å²) in [5.41, 5.74) is -1.63. The Kier molecular flexibility index (Phi) is 5.14. The van der Waals surface area contributed by atoms with Gasteiger partial charge in [0, 0.05) is 19.2 Å². The summed E-state index contributed by atoms with van der Waals surface area (Å²) in [4.78, 5) is 26.0.